The largest absolute Gasteiger partial charge is 0.497 e. The molecule has 0 aliphatic carbocycles. The van der Waals surface area contributed by atoms with E-state index < -0.39 is 0 Å². The van der Waals surface area contributed by atoms with Crippen molar-refractivity contribution in [3.63, 3.8) is 0 Å². The van der Waals surface area contributed by atoms with E-state index in [1.807, 2.05) is 24.3 Å². The molecule has 8 heteroatoms. The predicted molar refractivity (Wildman–Crippen MR) is 120 cm³/mol. The fraction of sp³-hybridized carbons (Fsp3) is 0.300. The standard InChI is InChI=1S/C20H24N4O3.HI/c1-26-15-8-6-14(7-9-15)19(25)22-11-12-23-20(21)24-17-10-13-27-18-5-3-2-4-16(17)18;/h2-9,17H,10-13H2,1H3,(H,22,25)(H3,21,23,24);1H. The molecular weight excluding hydrogens is 471 g/mol. The quantitative estimate of drug-likeness (QED) is 0.247. The highest BCUT2D eigenvalue weighted by Crippen LogP contribution is 2.31. The topological polar surface area (TPSA) is 98.0 Å². The number of para-hydroxylation sites is 1. The number of benzene rings is 2. The Kier molecular flexibility index (Phi) is 8.37. The first-order chi connectivity index (χ1) is 13.2. The molecule has 1 amide bonds. The van der Waals surface area contributed by atoms with Crippen molar-refractivity contribution in [3.05, 3.63) is 59.7 Å². The predicted octanol–water partition coefficient (Wildman–Crippen LogP) is 2.47. The van der Waals surface area contributed by atoms with Crippen LogP contribution in [0.5, 0.6) is 11.5 Å². The molecule has 0 radical (unpaired) electrons. The maximum Gasteiger partial charge on any atom is 0.251 e. The second kappa shape index (κ2) is 10.7. The van der Waals surface area contributed by atoms with Gasteiger partial charge in [0.1, 0.15) is 11.5 Å². The molecule has 1 atom stereocenters. The van der Waals surface area contributed by atoms with Gasteiger partial charge in [0, 0.05) is 24.1 Å². The Balaban J connectivity index is 0.00000280. The molecule has 28 heavy (non-hydrogen) atoms. The number of carbonyl (C=O) groups excluding carboxylic acids is 1. The van der Waals surface area contributed by atoms with Crippen molar-refractivity contribution in [2.24, 2.45) is 10.7 Å². The third-order valence-corrected chi connectivity index (χ3v) is 4.31. The van der Waals surface area contributed by atoms with Gasteiger partial charge in [-0.25, -0.2) is 0 Å². The maximum absolute atomic E-state index is 12.1. The van der Waals surface area contributed by atoms with Gasteiger partial charge in [-0.1, -0.05) is 18.2 Å². The number of carbonyl (C=O) groups is 1. The number of rotatable bonds is 6. The van der Waals surface area contributed by atoms with Crippen LogP contribution in [0.25, 0.3) is 0 Å². The molecule has 150 valence electrons. The molecule has 7 nitrogen and oxygen atoms in total. The summed E-state index contributed by atoms with van der Waals surface area (Å²) < 4.78 is 10.7. The molecule has 1 aliphatic heterocycles. The van der Waals surface area contributed by atoms with Crippen LogP contribution in [0.15, 0.2) is 53.5 Å². The van der Waals surface area contributed by atoms with Crippen LogP contribution in [-0.2, 0) is 0 Å². The highest BCUT2D eigenvalue weighted by molar-refractivity contribution is 14.0. The van der Waals surface area contributed by atoms with Crippen molar-refractivity contribution >= 4 is 35.8 Å². The average Bonchev–Trinajstić information content (AvgIpc) is 2.71. The lowest BCUT2D eigenvalue weighted by atomic mass is 10.0. The lowest BCUT2D eigenvalue weighted by Crippen LogP contribution is -2.38. The molecule has 4 N–H and O–H groups in total. The van der Waals surface area contributed by atoms with Crippen LogP contribution in [0.2, 0.25) is 0 Å². The summed E-state index contributed by atoms with van der Waals surface area (Å²) in [6.45, 7) is 1.43. The lowest BCUT2D eigenvalue weighted by Gasteiger charge is -2.26. The lowest BCUT2D eigenvalue weighted by molar-refractivity contribution is 0.0954. The summed E-state index contributed by atoms with van der Waals surface area (Å²) >= 11 is 0. The van der Waals surface area contributed by atoms with E-state index in [2.05, 4.69) is 15.6 Å². The molecule has 0 saturated carbocycles. The van der Waals surface area contributed by atoms with E-state index in [0.29, 0.717) is 37.0 Å². The number of aliphatic imine (C=N–C) groups is 1. The van der Waals surface area contributed by atoms with E-state index >= 15 is 0 Å². The molecule has 0 fully saturated rings. The first-order valence-corrected chi connectivity index (χ1v) is 8.88. The first-order valence-electron chi connectivity index (χ1n) is 8.88. The summed E-state index contributed by atoms with van der Waals surface area (Å²) in [5.41, 5.74) is 7.65. The summed E-state index contributed by atoms with van der Waals surface area (Å²) in [5.74, 6) is 1.79. The van der Waals surface area contributed by atoms with Gasteiger partial charge in [-0.2, -0.15) is 0 Å². The third-order valence-electron chi connectivity index (χ3n) is 4.31. The van der Waals surface area contributed by atoms with E-state index in [9.17, 15) is 4.79 Å². The normalized spacial score (nSPS) is 15.5. The van der Waals surface area contributed by atoms with Gasteiger partial charge in [-0.15, -0.1) is 24.0 Å². The van der Waals surface area contributed by atoms with Gasteiger partial charge in [0.2, 0.25) is 0 Å². The van der Waals surface area contributed by atoms with Crippen molar-refractivity contribution in [2.75, 3.05) is 26.8 Å². The van der Waals surface area contributed by atoms with Crippen LogP contribution < -0.4 is 25.8 Å². The highest BCUT2D eigenvalue weighted by atomic mass is 127. The molecule has 0 saturated heterocycles. The molecular formula is C20H25IN4O3. The average molecular weight is 496 g/mol. The van der Waals surface area contributed by atoms with Gasteiger partial charge < -0.3 is 25.8 Å². The van der Waals surface area contributed by atoms with E-state index in [-0.39, 0.29) is 35.9 Å². The zero-order valence-corrected chi connectivity index (χ0v) is 18.0. The van der Waals surface area contributed by atoms with Gasteiger partial charge in [0.15, 0.2) is 5.96 Å². The zero-order chi connectivity index (χ0) is 19.1. The Morgan fingerprint density at radius 3 is 2.75 bits per heavy atom. The van der Waals surface area contributed by atoms with Crippen molar-refractivity contribution in [1.29, 1.82) is 0 Å². The number of hydrogen-bond donors (Lipinski definition) is 3. The number of nitrogens with two attached hydrogens (primary N) is 1. The zero-order valence-electron chi connectivity index (χ0n) is 15.7. The Morgan fingerprint density at radius 2 is 2.00 bits per heavy atom. The monoisotopic (exact) mass is 496 g/mol. The van der Waals surface area contributed by atoms with Gasteiger partial charge >= 0.3 is 0 Å². The summed E-state index contributed by atoms with van der Waals surface area (Å²) in [7, 11) is 1.59. The number of guanidine groups is 1. The summed E-state index contributed by atoms with van der Waals surface area (Å²) in [6.07, 6.45) is 0.821. The number of amides is 1. The van der Waals surface area contributed by atoms with E-state index in [1.165, 1.54) is 0 Å². The van der Waals surface area contributed by atoms with Crippen LogP contribution in [0, 0.1) is 0 Å². The Labute approximate surface area is 181 Å². The summed E-state index contributed by atoms with van der Waals surface area (Å²) in [4.78, 5) is 16.4. The highest BCUT2D eigenvalue weighted by Gasteiger charge is 2.21. The van der Waals surface area contributed by atoms with Crippen molar-refractivity contribution in [1.82, 2.24) is 10.6 Å². The van der Waals surface area contributed by atoms with Crippen molar-refractivity contribution in [3.8, 4) is 11.5 Å². The summed E-state index contributed by atoms with van der Waals surface area (Å²) in [5, 5.41) is 6.05. The fourth-order valence-corrected chi connectivity index (χ4v) is 2.91. The van der Waals surface area contributed by atoms with Crippen molar-refractivity contribution in [2.45, 2.75) is 12.5 Å². The molecule has 0 spiro atoms. The number of nitrogens with zero attached hydrogens (tertiary/aromatic N) is 1. The van der Waals surface area contributed by atoms with Crippen LogP contribution in [-0.4, -0.2) is 38.7 Å². The molecule has 1 heterocycles. The number of fused-ring (bicyclic) bond motifs is 1. The second-order valence-electron chi connectivity index (χ2n) is 6.12. The van der Waals surface area contributed by atoms with Gasteiger partial charge in [0.25, 0.3) is 5.91 Å². The van der Waals surface area contributed by atoms with E-state index in [1.54, 1.807) is 31.4 Å². The minimum atomic E-state index is -0.155. The molecule has 3 rings (SSSR count). The minimum absolute atomic E-state index is 0. The van der Waals surface area contributed by atoms with Crippen LogP contribution in [0.1, 0.15) is 28.4 Å². The van der Waals surface area contributed by atoms with Gasteiger partial charge in [-0.3, -0.25) is 9.79 Å². The Morgan fingerprint density at radius 1 is 1.25 bits per heavy atom. The third kappa shape index (κ3) is 5.75. The number of ether oxygens (including phenoxy) is 2. The minimum Gasteiger partial charge on any atom is -0.497 e. The number of halogens is 1. The Hall–Kier alpha value is -2.49. The van der Waals surface area contributed by atoms with Gasteiger partial charge in [-0.05, 0) is 30.3 Å². The second-order valence-corrected chi connectivity index (χ2v) is 6.12. The number of hydrogen-bond acceptors (Lipinski definition) is 4. The molecule has 0 bridgehead atoms. The van der Waals surface area contributed by atoms with E-state index in [4.69, 9.17) is 15.2 Å². The van der Waals surface area contributed by atoms with Crippen LogP contribution >= 0.6 is 24.0 Å². The molecule has 1 unspecified atom stereocenters. The Bertz CT molecular complexity index is 811. The van der Waals surface area contributed by atoms with Crippen LogP contribution in [0.3, 0.4) is 0 Å². The molecule has 0 aromatic heterocycles. The molecule has 2 aromatic rings. The van der Waals surface area contributed by atoms with Crippen molar-refractivity contribution < 1.29 is 14.3 Å². The smallest absolute Gasteiger partial charge is 0.251 e. The number of methoxy groups -OCH3 is 1. The fourth-order valence-electron chi connectivity index (χ4n) is 2.91. The first kappa shape index (κ1) is 21.8. The number of nitrogens with one attached hydrogen (secondary N) is 2. The van der Waals surface area contributed by atoms with Crippen LogP contribution in [0.4, 0.5) is 0 Å². The van der Waals surface area contributed by atoms with Gasteiger partial charge in [0.05, 0.1) is 26.3 Å². The van der Waals surface area contributed by atoms with E-state index in [0.717, 1.165) is 17.7 Å². The molecule has 2 aromatic carbocycles. The SMILES string of the molecule is COc1ccc(C(=O)NCCN=C(N)NC2CCOc3ccccc32)cc1.I. The summed E-state index contributed by atoms with van der Waals surface area (Å²) in [6, 6.07) is 14.9. The maximum atomic E-state index is 12.1. The molecule has 1 aliphatic rings.